The van der Waals surface area contributed by atoms with Gasteiger partial charge in [0.05, 0.1) is 42.5 Å². The molecule has 1 amide bonds. The number of aryl methyl sites for hydroxylation is 1. The first-order chi connectivity index (χ1) is 19.6. The SMILES string of the molecule is Cc1ccc(S(=O)(=O)N(CC(C)C)C[C@@H](O)[C@H](Cc2ccccc2)NC(=O)O[C@@H]2C[C@@H]3[C@H]4COC[C@H]4O[C@@H]3C2)cc1. The summed E-state index contributed by atoms with van der Waals surface area (Å²) in [5.74, 6) is 0.705. The van der Waals surface area contributed by atoms with Crippen LogP contribution in [0.3, 0.4) is 0 Å². The highest BCUT2D eigenvalue weighted by Gasteiger charge is 2.52. The van der Waals surface area contributed by atoms with Gasteiger partial charge in [-0.05, 0) is 49.3 Å². The summed E-state index contributed by atoms with van der Waals surface area (Å²) in [6.07, 6.45) is -0.156. The Bertz CT molecular complexity index is 1270. The zero-order valence-electron chi connectivity index (χ0n) is 24.0. The summed E-state index contributed by atoms with van der Waals surface area (Å²) in [4.78, 5) is 13.3. The number of rotatable bonds is 11. The minimum Gasteiger partial charge on any atom is -0.446 e. The van der Waals surface area contributed by atoms with Gasteiger partial charge in [0.2, 0.25) is 10.0 Å². The van der Waals surface area contributed by atoms with Crippen molar-refractivity contribution in [3.05, 3.63) is 65.7 Å². The molecule has 2 aliphatic heterocycles. The molecule has 3 fully saturated rings. The Kier molecular flexibility index (Phi) is 9.35. The highest BCUT2D eigenvalue weighted by molar-refractivity contribution is 7.89. The number of carbonyl (C=O) groups excluding carboxylic acids is 1. The van der Waals surface area contributed by atoms with E-state index in [4.69, 9.17) is 14.2 Å². The topological polar surface area (TPSA) is 114 Å². The molecule has 2 aromatic carbocycles. The lowest BCUT2D eigenvalue weighted by Crippen LogP contribution is -2.51. The van der Waals surface area contributed by atoms with E-state index < -0.39 is 28.3 Å². The first kappa shape index (κ1) is 30.0. The number of hydrogen-bond acceptors (Lipinski definition) is 7. The fourth-order valence-corrected chi connectivity index (χ4v) is 7.99. The van der Waals surface area contributed by atoms with Crippen molar-refractivity contribution in [2.45, 2.75) is 75.4 Å². The van der Waals surface area contributed by atoms with Gasteiger partial charge >= 0.3 is 6.09 Å². The number of amides is 1. The molecule has 9 nitrogen and oxygen atoms in total. The first-order valence-electron chi connectivity index (χ1n) is 14.6. The van der Waals surface area contributed by atoms with E-state index in [0.717, 1.165) is 17.5 Å². The Morgan fingerprint density at radius 1 is 1.02 bits per heavy atom. The molecule has 0 spiro atoms. The van der Waals surface area contributed by atoms with E-state index in [1.165, 1.54) is 4.31 Å². The second-order valence-corrected chi connectivity index (χ2v) is 14.1. The van der Waals surface area contributed by atoms with Gasteiger partial charge in [-0.2, -0.15) is 4.31 Å². The average molecular weight is 587 g/mol. The predicted octanol–water partition coefficient (Wildman–Crippen LogP) is 3.53. The lowest BCUT2D eigenvalue weighted by molar-refractivity contribution is 0.00504. The van der Waals surface area contributed by atoms with Crippen LogP contribution in [0.1, 0.15) is 37.8 Å². The van der Waals surface area contributed by atoms with Crippen molar-refractivity contribution in [1.29, 1.82) is 0 Å². The highest BCUT2D eigenvalue weighted by atomic mass is 32.2. The third kappa shape index (κ3) is 7.11. The van der Waals surface area contributed by atoms with Crippen LogP contribution in [0.4, 0.5) is 4.79 Å². The van der Waals surface area contributed by atoms with Crippen LogP contribution < -0.4 is 5.32 Å². The van der Waals surface area contributed by atoms with Gasteiger partial charge in [-0.15, -0.1) is 0 Å². The molecule has 224 valence electrons. The van der Waals surface area contributed by atoms with Crippen LogP contribution in [0, 0.1) is 24.7 Å². The van der Waals surface area contributed by atoms with Crippen LogP contribution >= 0.6 is 0 Å². The summed E-state index contributed by atoms with van der Waals surface area (Å²) >= 11 is 0. The van der Waals surface area contributed by atoms with Gasteiger partial charge < -0.3 is 24.6 Å². The second kappa shape index (κ2) is 12.8. The molecule has 2 saturated heterocycles. The van der Waals surface area contributed by atoms with Crippen LogP contribution in [0.2, 0.25) is 0 Å². The van der Waals surface area contributed by atoms with Crippen molar-refractivity contribution in [2.75, 3.05) is 26.3 Å². The van der Waals surface area contributed by atoms with Gasteiger partial charge in [0, 0.05) is 25.4 Å². The largest absolute Gasteiger partial charge is 0.446 e. The maximum absolute atomic E-state index is 13.6. The lowest BCUT2D eigenvalue weighted by Gasteiger charge is -2.31. The monoisotopic (exact) mass is 586 g/mol. The van der Waals surface area contributed by atoms with Crippen molar-refractivity contribution >= 4 is 16.1 Å². The zero-order chi connectivity index (χ0) is 29.1. The summed E-state index contributed by atoms with van der Waals surface area (Å²) in [5.41, 5.74) is 1.86. The number of benzene rings is 2. The molecule has 0 radical (unpaired) electrons. The lowest BCUT2D eigenvalue weighted by atomic mass is 9.90. The number of aliphatic hydroxyl groups excluding tert-OH is 1. The summed E-state index contributed by atoms with van der Waals surface area (Å²) in [6, 6.07) is 15.4. The predicted molar refractivity (Wildman–Crippen MR) is 154 cm³/mol. The molecule has 2 heterocycles. The summed E-state index contributed by atoms with van der Waals surface area (Å²) in [6.45, 7) is 7.15. The van der Waals surface area contributed by atoms with Gasteiger partial charge in [0.25, 0.3) is 0 Å². The number of nitrogens with one attached hydrogen (secondary N) is 1. The van der Waals surface area contributed by atoms with Gasteiger partial charge in [-0.25, -0.2) is 13.2 Å². The molecule has 1 saturated carbocycles. The fraction of sp³-hybridized carbons (Fsp3) is 0.581. The normalized spacial score (nSPS) is 27.0. The minimum atomic E-state index is -3.87. The molecule has 3 aliphatic rings. The molecule has 0 bridgehead atoms. The van der Waals surface area contributed by atoms with E-state index in [9.17, 15) is 18.3 Å². The van der Waals surface area contributed by atoms with Crippen LogP contribution in [0.15, 0.2) is 59.5 Å². The molecule has 0 unspecified atom stereocenters. The molecule has 41 heavy (non-hydrogen) atoms. The quantitative estimate of drug-likeness (QED) is 0.414. The van der Waals surface area contributed by atoms with Crippen molar-refractivity contribution in [3.8, 4) is 0 Å². The maximum Gasteiger partial charge on any atom is 0.407 e. The second-order valence-electron chi connectivity index (χ2n) is 12.1. The molecule has 1 aliphatic carbocycles. The molecule has 10 heteroatoms. The number of fused-ring (bicyclic) bond motifs is 3. The summed E-state index contributed by atoms with van der Waals surface area (Å²) < 4.78 is 46.0. The van der Waals surface area contributed by atoms with Crippen molar-refractivity contribution in [2.24, 2.45) is 17.8 Å². The van der Waals surface area contributed by atoms with E-state index in [1.54, 1.807) is 24.3 Å². The van der Waals surface area contributed by atoms with Crippen LogP contribution in [-0.4, -0.2) is 80.7 Å². The van der Waals surface area contributed by atoms with Crippen LogP contribution in [0.25, 0.3) is 0 Å². The van der Waals surface area contributed by atoms with Gasteiger partial charge in [-0.3, -0.25) is 0 Å². The number of sulfonamides is 1. The van der Waals surface area contributed by atoms with Crippen LogP contribution in [-0.2, 0) is 30.7 Å². The molecule has 2 N–H and O–H groups in total. The molecule has 2 aromatic rings. The van der Waals surface area contributed by atoms with Crippen molar-refractivity contribution < 1.29 is 32.5 Å². The zero-order valence-corrected chi connectivity index (χ0v) is 24.8. The van der Waals surface area contributed by atoms with E-state index >= 15 is 0 Å². The third-order valence-corrected chi connectivity index (χ3v) is 10.3. The Morgan fingerprint density at radius 2 is 1.76 bits per heavy atom. The number of hydrogen-bond donors (Lipinski definition) is 2. The van der Waals surface area contributed by atoms with E-state index in [2.05, 4.69) is 5.32 Å². The standard InChI is InChI=1S/C31H42N2O7S/c1-20(2)16-33(41(36,37)24-11-9-21(3)10-12-24)17-28(34)27(13-22-7-5-4-6-8-22)32-31(35)39-23-14-25-26-18-38-19-30(26)40-29(25)15-23/h4-12,20,23,25-30,34H,13-19H2,1-3H3,(H,32,35)/t23-,25-,26-,27+,28-,29-,30-/m1/s1. The number of aliphatic hydroxyl groups is 1. The number of alkyl carbamates (subject to hydrolysis) is 1. The summed E-state index contributed by atoms with van der Waals surface area (Å²) in [5, 5.41) is 14.3. The molecular formula is C31H42N2O7S. The fourth-order valence-electron chi connectivity index (χ4n) is 6.37. The van der Waals surface area contributed by atoms with Gasteiger partial charge in [0.1, 0.15) is 6.10 Å². The molecule has 5 rings (SSSR count). The van der Waals surface area contributed by atoms with Crippen LogP contribution in [0.5, 0.6) is 0 Å². The molecule has 0 aromatic heterocycles. The summed E-state index contributed by atoms with van der Waals surface area (Å²) in [7, 11) is -3.87. The molecule has 7 atom stereocenters. The van der Waals surface area contributed by atoms with Gasteiger partial charge in [0.15, 0.2) is 0 Å². The van der Waals surface area contributed by atoms with E-state index in [-0.39, 0.29) is 42.2 Å². The number of ether oxygens (including phenoxy) is 3. The Labute approximate surface area is 243 Å². The number of nitrogens with zero attached hydrogens (tertiary/aromatic N) is 1. The Balaban J connectivity index is 1.28. The maximum atomic E-state index is 13.6. The highest BCUT2D eigenvalue weighted by Crippen LogP contribution is 2.46. The average Bonchev–Trinajstić information content (AvgIpc) is 3.61. The Morgan fingerprint density at radius 3 is 2.46 bits per heavy atom. The van der Waals surface area contributed by atoms with Crippen molar-refractivity contribution in [1.82, 2.24) is 9.62 Å². The first-order valence-corrected chi connectivity index (χ1v) is 16.0. The number of carbonyl (C=O) groups is 1. The van der Waals surface area contributed by atoms with E-state index in [1.807, 2.05) is 51.1 Å². The smallest absolute Gasteiger partial charge is 0.407 e. The van der Waals surface area contributed by atoms with E-state index in [0.29, 0.717) is 37.9 Å². The van der Waals surface area contributed by atoms with Gasteiger partial charge in [-0.1, -0.05) is 61.9 Å². The molecular weight excluding hydrogens is 544 g/mol. The third-order valence-electron chi connectivity index (χ3n) is 8.44. The Hall–Kier alpha value is -2.50. The van der Waals surface area contributed by atoms with Crippen molar-refractivity contribution in [3.63, 3.8) is 0 Å². The minimum absolute atomic E-state index is 0.0295.